The maximum atomic E-state index is 14.6. The van der Waals surface area contributed by atoms with Crippen LogP contribution in [0.2, 0.25) is 0 Å². The molecule has 2 aromatic carbocycles. The average molecular weight is 419 g/mol. The van der Waals surface area contributed by atoms with Crippen molar-refractivity contribution in [3.8, 4) is 22.5 Å². The number of hydrogen-bond donors (Lipinski definition) is 4. The Morgan fingerprint density at radius 3 is 1.37 bits per heavy atom. The number of rotatable bonds is 4. The molecule has 0 aliphatic carbocycles. The van der Waals surface area contributed by atoms with Gasteiger partial charge in [0.1, 0.15) is 34.6 Å². The second-order valence-corrected chi connectivity index (χ2v) is 6.30. The second kappa shape index (κ2) is 7.78. The molecule has 0 atom stereocenters. The van der Waals surface area contributed by atoms with Gasteiger partial charge in [0, 0.05) is 30.3 Å². The highest BCUT2D eigenvalue weighted by molar-refractivity contribution is 5.80. The van der Waals surface area contributed by atoms with Crippen LogP contribution in [0.25, 0.3) is 22.5 Å². The predicted octanol–water partition coefficient (Wildman–Crippen LogP) is 2.73. The normalized spacial score (nSPS) is 10.7. The molecule has 0 amide bonds. The summed E-state index contributed by atoms with van der Waals surface area (Å²) in [7, 11) is 1.49. The fraction of sp³-hybridized carbons (Fsp3) is 0.0526. The summed E-state index contributed by atoms with van der Waals surface area (Å²) in [5.41, 5.74) is 20.2. The Bertz CT molecular complexity index is 1100. The van der Waals surface area contributed by atoms with Crippen molar-refractivity contribution in [3.63, 3.8) is 0 Å². The zero-order valence-corrected chi connectivity index (χ0v) is 15.6. The van der Waals surface area contributed by atoms with Crippen molar-refractivity contribution in [1.82, 2.24) is 4.57 Å². The van der Waals surface area contributed by atoms with Gasteiger partial charge in [-0.15, -0.1) is 0 Å². The molecule has 3 aromatic rings. The Morgan fingerprint density at radius 2 is 1.03 bits per heavy atom. The van der Waals surface area contributed by atoms with Gasteiger partial charge in [-0.05, 0) is 24.3 Å². The van der Waals surface area contributed by atoms with E-state index in [4.69, 9.17) is 22.9 Å². The minimum absolute atomic E-state index is 0.117. The molecule has 7 nitrogen and oxygen atoms in total. The van der Waals surface area contributed by atoms with Crippen molar-refractivity contribution in [1.29, 1.82) is 0 Å². The average Bonchev–Trinajstić information content (AvgIpc) is 3.01. The van der Waals surface area contributed by atoms with Crippen LogP contribution in [-0.2, 0) is 7.05 Å². The first-order chi connectivity index (χ1) is 14.1. The van der Waals surface area contributed by atoms with Crippen LogP contribution < -0.4 is 22.9 Å². The SMILES string of the molecule is Cn1c(-c2cc(F)c(N=C(N)N)cc2F)ccc1-c1cc(F)c(N=C(N)N)cc1F. The Hall–Kier alpha value is -4.02. The molecule has 0 aliphatic rings. The highest BCUT2D eigenvalue weighted by Gasteiger charge is 2.19. The quantitative estimate of drug-likeness (QED) is 0.294. The van der Waals surface area contributed by atoms with Gasteiger partial charge >= 0.3 is 0 Å². The second-order valence-electron chi connectivity index (χ2n) is 6.30. The van der Waals surface area contributed by atoms with Crippen molar-refractivity contribution in [2.75, 3.05) is 0 Å². The zero-order valence-electron chi connectivity index (χ0n) is 15.6. The maximum Gasteiger partial charge on any atom is 0.191 e. The van der Waals surface area contributed by atoms with Crippen LogP contribution in [0.3, 0.4) is 0 Å². The number of halogens is 4. The summed E-state index contributed by atoms with van der Waals surface area (Å²) in [6.07, 6.45) is 0. The van der Waals surface area contributed by atoms with Crippen molar-refractivity contribution < 1.29 is 17.6 Å². The number of guanidine groups is 2. The third-order valence-electron chi connectivity index (χ3n) is 4.25. The largest absolute Gasteiger partial charge is 0.370 e. The van der Waals surface area contributed by atoms with E-state index in [2.05, 4.69) is 9.98 Å². The molecule has 0 saturated carbocycles. The van der Waals surface area contributed by atoms with Crippen LogP contribution in [0.1, 0.15) is 0 Å². The summed E-state index contributed by atoms with van der Waals surface area (Å²) in [4.78, 5) is 7.02. The Kier molecular flexibility index (Phi) is 5.37. The van der Waals surface area contributed by atoms with Gasteiger partial charge < -0.3 is 27.5 Å². The molecule has 0 spiro atoms. The van der Waals surface area contributed by atoms with Crippen molar-refractivity contribution >= 4 is 23.3 Å². The van der Waals surface area contributed by atoms with E-state index in [0.29, 0.717) is 0 Å². The minimum Gasteiger partial charge on any atom is -0.370 e. The number of nitrogens with two attached hydrogens (primary N) is 4. The van der Waals surface area contributed by atoms with Gasteiger partial charge in [-0.3, -0.25) is 0 Å². The first-order valence-electron chi connectivity index (χ1n) is 8.42. The lowest BCUT2D eigenvalue weighted by molar-refractivity contribution is 0.602. The van der Waals surface area contributed by atoms with Gasteiger partial charge in [0.2, 0.25) is 0 Å². The summed E-state index contributed by atoms with van der Waals surface area (Å²) in [5, 5.41) is 0. The first-order valence-corrected chi connectivity index (χ1v) is 8.42. The van der Waals surface area contributed by atoms with Crippen LogP contribution in [0, 0.1) is 23.3 Å². The molecule has 0 fully saturated rings. The molecule has 1 aromatic heterocycles. The fourth-order valence-corrected chi connectivity index (χ4v) is 2.97. The third-order valence-corrected chi connectivity index (χ3v) is 4.25. The van der Waals surface area contributed by atoms with E-state index in [-0.39, 0.29) is 33.9 Å². The Labute approximate surface area is 168 Å². The monoisotopic (exact) mass is 419 g/mol. The summed E-state index contributed by atoms with van der Waals surface area (Å²) >= 11 is 0. The van der Waals surface area contributed by atoms with Gasteiger partial charge in [0.25, 0.3) is 0 Å². The van der Waals surface area contributed by atoms with Gasteiger partial charge in [0.05, 0.1) is 11.4 Å². The fourth-order valence-electron chi connectivity index (χ4n) is 2.97. The molecular weight excluding hydrogens is 402 g/mol. The lowest BCUT2D eigenvalue weighted by Gasteiger charge is -2.11. The van der Waals surface area contributed by atoms with Gasteiger partial charge in [-0.25, -0.2) is 27.5 Å². The van der Waals surface area contributed by atoms with Crippen molar-refractivity contribution in [2.45, 2.75) is 0 Å². The molecule has 156 valence electrons. The molecule has 0 bridgehead atoms. The molecular formula is C19H17F4N7. The lowest BCUT2D eigenvalue weighted by Crippen LogP contribution is -2.22. The maximum absolute atomic E-state index is 14.6. The van der Waals surface area contributed by atoms with E-state index in [0.717, 1.165) is 24.3 Å². The van der Waals surface area contributed by atoms with Crippen LogP contribution in [-0.4, -0.2) is 16.5 Å². The molecule has 0 unspecified atom stereocenters. The molecule has 0 saturated heterocycles. The van der Waals surface area contributed by atoms with Crippen LogP contribution in [0.5, 0.6) is 0 Å². The Morgan fingerprint density at radius 1 is 0.667 bits per heavy atom. The molecule has 30 heavy (non-hydrogen) atoms. The van der Waals surface area contributed by atoms with Crippen molar-refractivity contribution in [2.24, 2.45) is 40.0 Å². The number of benzene rings is 2. The Balaban J connectivity index is 2.10. The number of aliphatic imine (C=N–C) groups is 2. The third kappa shape index (κ3) is 3.90. The lowest BCUT2D eigenvalue weighted by atomic mass is 10.1. The minimum atomic E-state index is -0.860. The predicted molar refractivity (Wildman–Crippen MR) is 107 cm³/mol. The number of nitrogens with zero attached hydrogens (tertiary/aromatic N) is 3. The van der Waals surface area contributed by atoms with Gasteiger partial charge in [-0.2, -0.15) is 0 Å². The standard InChI is InChI=1S/C19H17F4N7/c1-30-16(8-4-12(22)14(6-10(8)20)28-18(24)25)2-3-17(30)9-5-13(23)15(7-11(9)21)29-19(26)27/h2-7H,1H3,(H4,24,25,28)(H4,26,27,29). The van der Waals surface area contributed by atoms with E-state index < -0.39 is 35.2 Å². The molecule has 0 radical (unpaired) electrons. The molecule has 1 heterocycles. The van der Waals surface area contributed by atoms with Gasteiger partial charge in [0.15, 0.2) is 11.9 Å². The van der Waals surface area contributed by atoms with Crippen LogP contribution in [0.4, 0.5) is 28.9 Å². The molecule has 3 rings (SSSR count). The van der Waals surface area contributed by atoms with Gasteiger partial charge in [-0.1, -0.05) is 0 Å². The molecule has 8 N–H and O–H groups in total. The topological polar surface area (TPSA) is 134 Å². The van der Waals surface area contributed by atoms with E-state index in [1.165, 1.54) is 23.7 Å². The smallest absolute Gasteiger partial charge is 0.191 e. The molecule has 11 heteroatoms. The summed E-state index contributed by atoms with van der Waals surface area (Å²) in [6.45, 7) is 0. The van der Waals surface area contributed by atoms with E-state index >= 15 is 0 Å². The zero-order chi connectivity index (χ0) is 22.2. The number of aromatic nitrogens is 1. The van der Waals surface area contributed by atoms with E-state index in [9.17, 15) is 17.6 Å². The van der Waals surface area contributed by atoms with E-state index in [1.54, 1.807) is 0 Å². The highest BCUT2D eigenvalue weighted by Crippen LogP contribution is 2.35. The van der Waals surface area contributed by atoms with Crippen molar-refractivity contribution in [3.05, 3.63) is 59.7 Å². The van der Waals surface area contributed by atoms with E-state index in [1.807, 2.05) is 0 Å². The highest BCUT2D eigenvalue weighted by atomic mass is 19.1. The summed E-state index contributed by atoms with van der Waals surface area (Å²) in [5.74, 6) is -4.19. The van der Waals surface area contributed by atoms with Crippen LogP contribution >= 0.6 is 0 Å². The molecule has 0 aliphatic heterocycles. The first kappa shape index (κ1) is 20.7. The summed E-state index contributed by atoms with van der Waals surface area (Å²) < 4.78 is 59.1. The number of hydrogen-bond acceptors (Lipinski definition) is 2. The summed E-state index contributed by atoms with van der Waals surface area (Å²) in [6, 6.07) is 6.37. The van der Waals surface area contributed by atoms with Crippen LogP contribution in [0.15, 0.2) is 46.4 Å².